The summed E-state index contributed by atoms with van der Waals surface area (Å²) in [5.74, 6) is 5.49. The Kier molecular flexibility index (Phi) is 4.78. The highest BCUT2D eigenvalue weighted by Crippen LogP contribution is 2.16. The number of carbonyl (C=O) groups is 1. The zero-order valence-electron chi connectivity index (χ0n) is 14.3. The van der Waals surface area contributed by atoms with Crippen LogP contribution in [0.25, 0.3) is 5.65 Å². The predicted octanol–water partition coefficient (Wildman–Crippen LogP) is 2.60. The highest BCUT2D eigenvalue weighted by atomic mass is 16.5. The van der Waals surface area contributed by atoms with Gasteiger partial charge in [0.1, 0.15) is 17.9 Å². The number of aromatic nitrogens is 3. The number of anilines is 1. The number of nitrogens with one attached hydrogen (secondary N) is 1. The largest absolute Gasteiger partial charge is 0.372 e. The number of pyridine rings is 1. The number of methoxy groups -OCH3 is 1. The highest BCUT2D eigenvalue weighted by Gasteiger charge is 2.14. The topological polar surface area (TPSA) is 68.5 Å². The second kappa shape index (κ2) is 7.16. The van der Waals surface area contributed by atoms with Crippen LogP contribution in [0, 0.1) is 25.7 Å². The summed E-state index contributed by atoms with van der Waals surface area (Å²) in [4.78, 5) is 21.3. The highest BCUT2D eigenvalue weighted by molar-refractivity contribution is 6.08. The molecule has 0 aromatic carbocycles. The first kappa shape index (κ1) is 16.7. The molecule has 6 heteroatoms. The summed E-state index contributed by atoms with van der Waals surface area (Å²) >= 11 is 0. The van der Waals surface area contributed by atoms with Crippen molar-refractivity contribution >= 4 is 17.2 Å². The van der Waals surface area contributed by atoms with E-state index in [0.717, 1.165) is 11.4 Å². The van der Waals surface area contributed by atoms with Crippen molar-refractivity contribution in [2.45, 2.75) is 13.8 Å². The minimum absolute atomic E-state index is 0.222. The van der Waals surface area contributed by atoms with Crippen molar-refractivity contribution in [3.8, 4) is 11.8 Å². The van der Waals surface area contributed by atoms with Gasteiger partial charge in [0.05, 0.1) is 17.4 Å². The third kappa shape index (κ3) is 3.67. The minimum atomic E-state index is -0.222. The lowest BCUT2D eigenvalue weighted by molar-refractivity contribution is 0.102. The van der Waals surface area contributed by atoms with E-state index in [9.17, 15) is 4.79 Å². The van der Waals surface area contributed by atoms with Gasteiger partial charge >= 0.3 is 0 Å². The van der Waals surface area contributed by atoms with Gasteiger partial charge in [0.2, 0.25) is 0 Å². The summed E-state index contributed by atoms with van der Waals surface area (Å²) in [6, 6.07) is 7.26. The van der Waals surface area contributed by atoms with E-state index < -0.39 is 0 Å². The van der Waals surface area contributed by atoms with E-state index in [1.54, 1.807) is 31.5 Å². The van der Waals surface area contributed by atoms with Gasteiger partial charge in [-0.25, -0.2) is 9.97 Å². The Balaban J connectivity index is 1.80. The summed E-state index contributed by atoms with van der Waals surface area (Å²) in [5, 5.41) is 2.84. The average molecular weight is 334 g/mol. The molecule has 3 heterocycles. The van der Waals surface area contributed by atoms with E-state index in [4.69, 9.17) is 4.74 Å². The Morgan fingerprint density at radius 2 is 2.16 bits per heavy atom. The van der Waals surface area contributed by atoms with Crippen molar-refractivity contribution in [1.82, 2.24) is 14.4 Å². The Hall–Kier alpha value is -3.17. The van der Waals surface area contributed by atoms with Gasteiger partial charge in [0.15, 0.2) is 0 Å². The second-order valence-electron chi connectivity index (χ2n) is 5.58. The number of rotatable bonds is 3. The van der Waals surface area contributed by atoms with Gasteiger partial charge in [-0.05, 0) is 44.0 Å². The lowest BCUT2D eigenvalue weighted by Crippen LogP contribution is -2.12. The number of ether oxygens (including phenoxy) is 1. The van der Waals surface area contributed by atoms with Crippen LogP contribution >= 0.6 is 0 Å². The molecular weight excluding hydrogens is 316 g/mol. The molecule has 0 bridgehead atoms. The lowest BCUT2D eigenvalue weighted by Gasteiger charge is -2.06. The van der Waals surface area contributed by atoms with Crippen LogP contribution in [0.15, 0.2) is 36.7 Å². The molecule has 0 aliphatic rings. The van der Waals surface area contributed by atoms with Gasteiger partial charge in [-0.3, -0.25) is 4.79 Å². The molecule has 0 unspecified atom stereocenters. The molecular formula is C19H18N4O2. The van der Waals surface area contributed by atoms with Crippen LogP contribution in [0.2, 0.25) is 0 Å². The molecule has 126 valence electrons. The first-order valence-corrected chi connectivity index (χ1v) is 7.79. The summed E-state index contributed by atoms with van der Waals surface area (Å²) in [7, 11) is 1.59. The van der Waals surface area contributed by atoms with Crippen LogP contribution in [-0.4, -0.2) is 34.0 Å². The molecule has 25 heavy (non-hydrogen) atoms. The Morgan fingerprint density at radius 1 is 1.32 bits per heavy atom. The lowest BCUT2D eigenvalue weighted by atomic mass is 10.2. The molecule has 0 aliphatic heterocycles. The molecule has 0 fully saturated rings. The summed E-state index contributed by atoms with van der Waals surface area (Å²) in [5.41, 5.74) is 4.30. The second-order valence-corrected chi connectivity index (χ2v) is 5.58. The van der Waals surface area contributed by atoms with E-state index in [0.29, 0.717) is 29.2 Å². The fourth-order valence-corrected chi connectivity index (χ4v) is 2.51. The van der Waals surface area contributed by atoms with Crippen LogP contribution in [0.1, 0.15) is 27.4 Å². The summed E-state index contributed by atoms with van der Waals surface area (Å²) < 4.78 is 6.76. The molecule has 1 N–H and O–H groups in total. The Labute approximate surface area is 145 Å². The number of nitrogens with zero attached hydrogens (tertiary/aromatic N) is 3. The van der Waals surface area contributed by atoms with Crippen molar-refractivity contribution in [2.24, 2.45) is 0 Å². The quantitative estimate of drug-likeness (QED) is 0.748. The number of hydrogen-bond acceptors (Lipinski definition) is 4. The number of amides is 1. The van der Waals surface area contributed by atoms with Crippen LogP contribution in [0.5, 0.6) is 0 Å². The average Bonchev–Trinajstić information content (AvgIpc) is 3.01. The first-order chi connectivity index (χ1) is 12.1. The van der Waals surface area contributed by atoms with Crippen molar-refractivity contribution in [3.05, 3.63) is 59.3 Å². The predicted molar refractivity (Wildman–Crippen MR) is 95.6 cm³/mol. The van der Waals surface area contributed by atoms with Gasteiger partial charge in [0.25, 0.3) is 5.91 Å². The summed E-state index contributed by atoms with van der Waals surface area (Å²) in [6.07, 6.45) is 3.43. The molecule has 0 aliphatic carbocycles. The van der Waals surface area contributed by atoms with Crippen molar-refractivity contribution < 1.29 is 9.53 Å². The molecule has 3 rings (SSSR count). The molecule has 0 atom stereocenters. The summed E-state index contributed by atoms with van der Waals surface area (Å²) in [6.45, 7) is 4.25. The number of aryl methyl sites for hydroxylation is 2. The van der Waals surface area contributed by atoms with Crippen molar-refractivity contribution in [3.63, 3.8) is 0 Å². The minimum Gasteiger partial charge on any atom is -0.372 e. The molecule has 1 amide bonds. The van der Waals surface area contributed by atoms with Gasteiger partial charge in [0, 0.05) is 24.7 Å². The van der Waals surface area contributed by atoms with Crippen molar-refractivity contribution in [1.29, 1.82) is 0 Å². The molecule has 0 radical (unpaired) electrons. The maximum Gasteiger partial charge on any atom is 0.259 e. The number of carbonyl (C=O) groups excluding carboxylic acids is 1. The fraction of sp³-hybridized carbons (Fsp3) is 0.211. The maximum absolute atomic E-state index is 12.6. The molecule has 6 nitrogen and oxygen atoms in total. The van der Waals surface area contributed by atoms with E-state index in [-0.39, 0.29) is 5.91 Å². The van der Waals surface area contributed by atoms with Crippen LogP contribution in [-0.2, 0) is 4.74 Å². The molecule has 0 saturated carbocycles. The van der Waals surface area contributed by atoms with Gasteiger partial charge < -0.3 is 14.5 Å². The van der Waals surface area contributed by atoms with Gasteiger partial charge in [-0.1, -0.05) is 5.92 Å². The SMILES string of the molecule is COCC#Cc1ccc(NC(=O)c2ccn3c(C)cc(C)nc23)cn1. The zero-order chi connectivity index (χ0) is 17.8. The number of fused-ring (bicyclic) bond motifs is 1. The van der Waals surface area contributed by atoms with E-state index in [2.05, 4.69) is 27.1 Å². The van der Waals surface area contributed by atoms with E-state index >= 15 is 0 Å². The van der Waals surface area contributed by atoms with Crippen LogP contribution in [0.3, 0.4) is 0 Å². The van der Waals surface area contributed by atoms with Gasteiger partial charge in [-0.15, -0.1) is 0 Å². The third-order valence-electron chi connectivity index (χ3n) is 3.64. The van der Waals surface area contributed by atoms with E-state index in [1.807, 2.05) is 30.5 Å². The third-order valence-corrected chi connectivity index (χ3v) is 3.64. The number of hydrogen-bond donors (Lipinski definition) is 1. The molecule has 0 spiro atoms. The normalized spacial score (nSPS) is 10.4. The van der Waals surface area contributed by atoms with Crippen molar-refractivity contribution in [2.75, 3.05) is 19.0 Å². The maximum atomic E-state index is 12.6. The first-order valence-electron chi connectivity index (χ1n) is 7.79. The Bertz CT molecular complexity index is 978. The fourth-order valence-electron chi connectivity index (χ4n) is 2.51. The monoisotopic (exact) mass is 334 g/mol. The van der Waals surface area contributed by atoms with E-state index in [1.165, 1.54) is 0 Å². The standard InChI is InChI=1S/C19H18N4O2/c1-13-11-14(2)23-9-8-17(18(23)21-13)19(24)22-16-7-6-15(20-12-16)5-4-10-25-3/h6-9,11-12H,10H2,1-3H3,(H,22,24). The smallest absolute Gasteiger partial charge is 0.259 e. The Morgan fingerprint density at radius 3 is 2.88 bits per heavy atom. The molecule has 3 aromatic heterocycles. The zero-order valence-corrected chi connectivity index (χ0v) is 14.3. The van der Waals surface area contributed by atoms with Crippen LogP contribution < -0.4 is 5.32 Å². The van der Waals surface area contributed by atoms with Crippen LogP contribution in [0.4, 0.5) is 5.69 Å². The van der Waals surface area contributed by atoms with Gasteiger partial charge in [-0.2, -0.15) is 0 Å². The molecule has 0 saturated heterocycles. The molecule has 3 aromatic rings.